The van der Waals surface area contributed by atoms with Gasteiger partial charge in [-0.1, -0.05) is 12.1 Å². The fourth-order valence-electron chi connectivity index (χ4n) is 2.04. The molecule has 1 aromatic rings. The Kier molecular flexibility index (Phi) is 4.80. The van der Waals surface area contributed by atoms with E-state index in [4.69, 9.17) is 10.5 Å². The quantitative estimate of drug-likeness (QED) is 0.870. The van der Waals surface area contributed by atoms with E-state index in [1.165, 1.54) is 0 Å². The Morgan fingerprint density at radius 3 is 2.53 bits per heavy atom. The highest BCUT2D eigenvalue weighted by atomic mass is 35.5. The predicted octanol–water partition coefficient (Wildman–Crippen LogP) is 2.20. The van der Waals surface area contributed by atoms with Gasteiger partial charge in [-0.15, -0.1) is 12.4 Å². The standard InChI is InChI=1S/C13H19NO2.ClH/c1-8-7-10(5-6-11(8)16-2)12(14)13(15)9-3-4-9;/h5-7,9,12-13,15H,3-4,14H2,1-2H3;1H/t12-,13+;/m1./s1. The van der Waals surface area contributed by atoms with Crippen molar-refractivity contribution in [3.63, 3.8) is 0 Å². The van der Waals surface area contributed by atoms with Gasteiger partial charge in [-0.2, -0.15) is 0 Å². The molecule has 0 aliphatic heterocycles. The minimum absolute atomic E-state index is 0. The van der Waals surface area contributed by atoms with Crippen LogP contribution in [0.1, 0.15) is 30.0 Å². The number of aliphatic hydroxyl groups excluding tert-OH is 1. The molecule has 0 spiro atoms. The van der Waals surface area contributed by atoms with Crippen molar-refractivity contribution in [2.75, 3.05) is 7.11 Å². The van der Waals surface area contributed by atoms with Crippen LogP contribution in [0.5, 0.6) is 5.75 Å². The summed E-state index contributed by atoms with van der Waals surface area (Å²) < 4.78 is 5.20. The molecule has 1 aliphatic carbocycles. The summed E-state index contributed by atoms with van der Waals surface area (Å²) >= 11 is 0. The number of halogens is 1. The summed E-state index contributed by atoms with van der Waals surface area (Å²) in [5.74, 6) is 1.26. The number of benzene rings is 1. The Morgan fingerprint density at radius 1 is 1.41 bits per heavy atom. The van der Waals surface area contributed by atoms with Crippen LogP contribution in [0.2, 0.25) is 0 Å². The summed E-state index contributed by atoms with van der Waals surface area (Å²) in [6, 6.07) is 5.55. The number of rotatable bonds is 4. The minimum atomic E-state index is -0.409. The van der Waals surface area contributed by atoms with Crippen LogP contribution in [0.25, 0.3) is 0 Å². The van der Waals surface area contributed by atoms with Gasteiger partial charge in [-0.25, -0.2) is 0 Å². The monoisotopic (exact) mass is 257 g/mol. The van der Waals surface area contributed by atoms with Crippen LogP contribution < -0.4 is 10.5 Å². The highest BCUT2D eigenvalue weighted by Crippen LogP contribution is 2.37. The summed E-state index contributed by atoms with van der Waals surface area (Å²) in [7, 11) is 1.65. The first-order valence-electron chi connectivity index (χ1n) is 5.71. The maximum Gasteiger partial charge on any atom is 0.121 e. The second-order valence-electron chi connectivity index (χ2n) is 4.58. The van der Waals surface area contributed by atoms with E-state index in [0.29, 0.717) is 5.92 Å². The molecular formula is C13H20ClNO2. The van der Waals surface area contributed by atoms with Crippen molar-refractivity contribution in [2.45, 2.75) is 31.9 Å². The molecule has 0 aromatic heterocycles. The molecule has 3 nitrogen and oxygen atoms in total. The lowest BCUT2D eigenvalue weighted by Crippen LogP contribution is -2.27. The van der Waals surface area contributed by atoms with Crippen molar-refractivity contribution >= 4 is 12.4 Å². The molecule has 1 aliphatic rings. The van der Waals surface area contributed by atoms with Crippen LogP contribution in [0.3, 0.4) is 0 Å². The molecule has 1 fully saturated rings. The normalized spacial score (nSPS) is 18.1. The molecule has 17 heavy (non-hydrogen) atoms. The molecule has 0 unspecified atom stereocenters. The second kappa shape index (κ2) is 5.71. The van der Waals surface area contributed by atoms with Crippen LogP contribution >= 0.6 is 12.4 Å². The van der Waals surface area contributed by atoms with Gasteiger partial charge in [-0.05, 0) is 42.9 Å². The summed E-state index contributed by atoms with van der Waals surface area (Å²) in [5, 5.41) is 9.97. The maximum absolute atomic E-state index is 9.97. The molecule has 2 atom stereocenters. The SMILES string of the molecule is COc1ccc([C@@H](N)[C@@H](O)C2CC2)cc1C.Cl. The Morgan fingerprint density at radius 2 is 2.06 bits per heavy atom. The van der Waals surface area contributed by atoms with Crippen LogP contribution in [0.15, 0.2) is 18.2 Å². The average Bonchev–Trinajstić information content (AvgIpc) is 3.11. The lowest BCUT2D eigenvalue weighted by Gasteiger charge is -2.19. The fourth-order valence-corrected chi connectivity index (χ4v) is 2.04. The van der Waals surface area contributed by atoms with Crippen molar-refractivity contribution < 1.29 is 9.84 Å². The van der Waals surface area contributed by atoms with E-state index < -0.39 is 6.10 Å². The average molecular weight is 258 g/mol. The van der Waals surface area contributed by atoms with Crippen molar-refractivity contribution in [1.82, 2.24) is 0 Å². The number of aryl methyl sites for hydroxylation is 1. The third-order valence-corrected chi connectivity index (χ3v) is 3.28. The Bertz CT molecular complexity index is 380. The minimum Gasteiger partial charge on any atom is -0.496 e. The number of ether oxygens (including phenoxy) is 1. The van der Waals surface area contributed by atoms with E-state index in [9.17, 15) is 5.11 Å². The van der Waals surface area contributed by atoms with Crippen molar-refractivity contribution in [2.24, 2.45) is 11.7 Å². The third kappa shape index (κ3) is 3.12. The van der Waals surface area contributed by atoms with Crippen molar-refractivity contribution in [3.05, 3.63) is 29.3 Å². The fraction of sp³-hybridized carbons (Fsp3) is 0.538. The maximum atomic E-state index is 9.97. The van der Waals surface area contributed by atoms with Crippen molar-refractivity contribution in [3.8, 4) is 5.75 Å². The van der Waals surface area contributed by atoms with E-state index in [-0.39, 0.29) is 18.4 Å². The lowest BCUT2D eigenvalue weighted by molar-refractivity contribution is 0.122. The number of aliphatic hydroxyl groups is 1. The number of methoxy groups -OCH3 is 1. The molecule has 1 aromatic carbocycles. The van der Waals surface area contributed by atoms with Gasteiger partial charge < -0.3 is 15.6 Å². The highest BCUT2D eigenvalue weighted by Gasteiger charge is 2.34. The Hall–Kier alpha value is -0.770. The summed E-state index contributed by atoms with van der Waals surface area (Å²) in [5.41, 5.74) is 8.09. The third-order valence-electron chi connectivity index (χ3n) is 3.28. The predicted molar refractivity (Wildman–Crippen MR) is 70.6 cm³/mol. The van der Waals surface area contributed by atoms with Gasteiger partial charge in [0.05, 0.1) is 19.3 Å². The molecule has 0 bridgehead atoms. The molecular weight excluding hydrogens is 238 g/mol. The lowest BCUT2D eigenvalue weighted by atomic mass is 9.97. The van der Waals surface area contributed by atoms with Gasteiger partial charge in [0.2, 0.25) is 0 Å². The number of hydrogen-bond donors (Lipinski definition) is 2. The zero-order valence-electron chi connectivity index (χ0n) is 10.2. The summed E-state index contributed by atoms with van der Waals surface area (Å²) in [6.45, 7) is 1.98. The van der Waals surface area contributed by atoms with Gasteiger partial charge in [0.15, 0.2) is 0 Å². The van der Waals surface area contributed by atoms with Crippen LogP contribution in [0, 0.1) is 12.8 Å². The van der Waals surface area contributed by atoms with Gasteiger partial charge in [-0.3, -0.25) is 0 Å². The van der Waals surface area contributed by atoms with Gasteiger partial charge in [0, 0.05) is 0 Å². The van der Waals surface area contributed by atoms with Crippen LogP contribution in [-0.4, -0.2) is 18.3 Å². The molecule has 4 heteroatoms. The number of nitrogens with two attached hydrogens (primary N) is 1. The van der Waals surface area contributed by atoms with E-state index >= 15 is 0 Å². The zero-order chi connectivity index (χ0) is 11.7. The molecule has 3 N–H and O–H groups in total. The summed E-state index contributed by atoms with van der Waals surface area (Å²) in [6.07, 6.45) is 1.79. The van der Waals surface area contributed by atoms with E-state index in [0.717, 1.165) is 29.7 Å². The number of hydrogen-bond acceptors (Lipinski definition) is 3. The van der Waals surface area contributed by atoms with Gasteiger partial charge in [0.25, 0.3) is 0 Å². The highest BCUT2D eigenvalue weighted by molar-refractivity contribution is 5.85. The van der Waals surface area contributed by atoms with E-state index in [2.05, 4.69) is 0 Å². The molecule has 0 heterocycles. The first-order chi connectivity index (χ1) is 7.63. The first kappa shape index (κ1) is 14.3. The summed E-state index contributed by atoms with van der Waals surface area (Å²) in [4.78, 5) is 0. The van der Waals surface area contributed by atoms with Gasteiger partial charge >= 0.3 is 0 Å². The largest absolute Gasteiger partial charge is 0.496 e. The van der Waals surface area contributed by atoms with Gasteiger partial charge in [0.1, 0.15) is 5.75 Å². The van der Waals surface area contributed by atoms with E-state index in [1.54, 1.807) is 7.11 Å². The Labute approximate surface area is 108 Å². The second-order valence-corrected chi connectivity index (χ2v) is 4.58. The van der Waals surface area contributed by atoms with Crippen LogP contribution in [-0.2, 0) is 0 Å². The van der Waals surface area contributed by atoms with Crippen molar-refractivity contribution in [1.29, 1.82) is 0 Å². The topological polar surface area (TPSA) is 55.5 Å². The zero-order valence-corrected chi connectivity index (χ0v) is 11.0. The molecule has 2 rings (SSSR count). The van der Waals surface area contributed by atoms with Crippen LogP contribution in [0.4, 0.5) is 0 Å². The Balaban J connectivity index is 0.00000144. The smallest absolute Gasteiger partial charge is 0.121 e. The molecule has 0 saturated heterocycles. The molecule has 0 radical (unpaired) electrons. The molecule has 96 valence electrons. The van der Waals surface area contributed by atoms with E-state index in [1.807, 2.05) is 25.1 Å². The molecule has 1 saturated carbocycles. The first-order valence-corrected chi connectivity index (χ1v) is 5.71. The molecule has 0 amide bonds.